The third-order valence-corrected chi connectivity index (χ3v) is 10.4. The number of benzene rings is 1. The summed E-state index contributed by atoms with van der Waals surface area (Å²) < 4.78 is 69.5. The van der Waals surface area contributed by atoms with Crippen LogP contribution >= 0.6 is 0 Å². The van der Waals surface area contributed by atoms with Crippen molar-refractivity contribution in [3.63, 3.8) is 0 Å². The summed E-state index contributed by atoms with van der Waals surface area (Å²) in [6, 6.07) is 4.38. The Bertz CT molecular complexity index is 1400. The minimum atomic E-state index is -4.16. The highest BCUT2D eigenvalue weighted by Gasteiger charge is 2.36. The molecule has 1 aromatic carbocycles. The molecule has 1 aromatic heterocycles. The normalized spacial score (nSPS) is 19.7. The molecule has 2 heterocycles. The zero-order chi connectivity index (χ0) is 25.7. The number of sulfone groups is 1. The van der Waals surface area contributed by atoms with Crippen molar-refractivity contribution < 1.29 is 30.8 Å². The monoisotopic (exact) mass is 537 g/mol. The Balaban J connectivity index is 1.27. The van der Waals surface area contributed by atoms with Crippen LogP contribution in [0, 0.1) is 5.82 Å². The molecule has 1 saturated heterocycles. The first-order chi connectivity index (χ1) is 17.0. The maximum atomic E-state index is 14.5. The number of likely N-dealkylation sites (tertiary alicyclic amines) is 1. The number of halogens is 1. The zero-order valence-corrected chi connectivity index (χ0v) is 21.2. The van der Waals surface area contributed by atoms with Gasteiger partial charge in [0.05, 0.1) is 15.7 Å². The number of sulfonamides is 1. The number of carbonyl (C=O) groups excluding carboxylic acids is 1. The van der Waals surface area contributed by atoms with E-state index in [-0.39, 0.29) is 37.9 Å². The molecule has 12 heteroatoms. The first-order valence-electron chi connectivity index (χ1n) is 12.1. The second-order valence-electron chi connectivity index (χ2n) is 9.74. The van der Waals surface area contributed by atoms with Crippen LogP contribution in [0.5, 0.6) is 5.88 Å². The van der Waals surface area contributed by atoms with Gasteiger partial charge in [-0.15, -0.1) is 0 Å². The maximum Gasteiger partial charge on any atom is 0.255 e. The van der Waals surface area contributed by atoms with Gasteiger partial charge in [-0.05, 0) is 75.1 Å². The number of hydrogen-bond donors (Lipinski definition) is 1. The van der Waals surface area contributed by atoms with E-state index in [1.807, 2.05) is 6.07 Å². The molecule has 2 aromatic rings. The number of hydrogen-bond acceptors (Lipinski definition) is 7. The smallest absolute Gasteiger partial charge is 0.255 e. The van der Waals surface area contributed by atoms with E-state index in [4.69, 9.17) is 9.88 Å². The van der Waals surface area contributed by atoms with Gasteiger partial charge in [0.2, 0.25) is 15.9 Å². The second kappa shape index (κ2) is 9.38. The molecule has 0 bridgehead atoms. The SMILES string of the molecule is NS(=O)(=O)c1ccc(S(=O)(=O)C2CCN(C(=O)c3cnc(OC4CCC4)c(C4CC4)c3)CC2)c(F)c1. The molecule has 0 unspecified atom stereocenters. The Labute approximate surface area is 209 Å². The molecule has 0 atom stereocenters. The van der Waals surface area contributed by atoms with E-state index in [0.717, 1.165) is 49.8 Å². The molecule has 3 aliphatic rings. The number of rotatable bonds is 7. The highest BCUT2D eigenvalue weighted by atomic mass is 32.2. The fraction of sp³-hybridized carbons (Fsp3) is 0.500. The Morgan fingerprint density at radius 1 is 1.03 bits per heavy atom. The van der Waals surface area contributed by atoms with Gasteiger partial charge in [0.15, 0.2) is 9.84 Å². The van der Waals surface area contributed by atoms with Gasteiger partial charge in [-0.25, -0.2) is 31.3 Å². The van der Waals surface area contributed by atoms with Crippen molar-refractivity contribution in [3.05, 3.63) is 47.4 Å². The van der Waals surface area contributed by atoms with Gasteiger partial charge in [0.1, 0.15) is 16.8 Å². The number of carbonyl (C=O) groups is 1. The topological polar surface area (TPSA) is 137 Å². The number of primary sulfonamides is 1. The number of pyridine rings is 1. The Hall–Kier alpha value is -2.57. The van der Waals surface area contributed by atoms with E-state index in [9.17, 15) is 26.0 Å². The quantitative estimate of drug-likeness (QED) is 0.573. The van der Waals surface area contributed by atoms with Gasteiger partial charge in [0, 0.05) is 24.8 Å². The van der Waals surface area contributed by atoms with E-state index in [1.165, 1.54) is 6.20 Å². The molecule has 0 radical (unpaired) electrons. The number of nitrogens with zero attached hydrogens (tertiary/aromatic N) is 2. The van der Waals surface area contributed by atoms with Crippen molar-refractivity contribution in [3.8, 4) is 5.88 Å². The van der Waals surface area contributed by atoms with E-state index >= 15 is 0 Å². The molecule has 5 rings (SSSR count). The summed E-state index contributed by atoms with van der Waals surface area (Å²) in [6.07, 6.45) is 7.25. The summed E-state index contributed by atoms with van der Waals surface area (Å²) in [5.41, 5.74) is 1.41. The van der Waals surface area contributed by atoms with Crippen molar-refractivity contribution in [2.75, 3.05) is 13.1 Å². The van der Waals surface area contributed by atoms with Crippen LogP contribution in [0.25, 0.3) is 0 Å². The first-order valence-corrected chi connectivity index (χ1v) is 15.2. The van der Waals surface area contributed by atoms with Crippen LogP contribution in [0.3, 0.4) is 0 Å². The third-order valence-electron chi connectivity index (χ3n) is 7.18. The van der Waals surface area contributed by atoms with Gasteiger partial charge in [-0.3, -0.25) is 4.79 Å². The molecule has 2 aliphatic carbocycles. The fourth-order valence-electron chi connectivity index (χ4n) is 4.64. The predicted molar refractivity (Wildman–Crippen MR) is 128 cm³/mol. The Morgan fingerprint density at radius 2 is 1.72 bits per heavy atom. The number of aromatic nitrogens is 1. The summed E-state index contributed by atoms with van der Waals surface area (Å²) in [5, 5.41) is 4.10. The zero-order valence-electron chi connectivity index (χ0n) is 19.6. The van der Waals surface area contributed by atoms with Gasteiger partial charge in [0.25, 0.3) is 5.91 Å². The average Bonchev–Trinajstić information content (AvgIpc) is 3.66. The van der Waals surface area contributed by atoms with E-state index in [1.54, 1.807) is 4.90 Å². The van der Waals surface area contributed by atoms with Crippen LogP contribution < -0.4 is 9.88 Å². The van der Waals surface area contributed by atoms with E-state index < -0.39 is 40.7 Å². The molecule has 2 N–H and O–H groups in total. The summed E-state index contributed by atoms with van der Waals surface area (Å²) in [6.45, 7) is 0.386. The minimum Gasteiger partial charge on any atom is -0.474 e. The van der Waals surface area contributed by atoms with Crippen LogP contribution in [0.4, 0.5) is 4.39 Å². The van der Waals surface area contributed by atoms with Crippen molar-refractivity contribution in [1.29, 1.82) is 0 Å². The van der Waals surface area contributed by atoms with Crippen LogP contribution in [0.1, 0.15) is 66.8 Å². The van der Waals surface area contributed by atoms with Crippen LogP contribution in [-0.4, -0.2) is 57.1 Å². The van der Waals surface area contributed by atoms with Crippen molar-refractivity contribution >= 4 is 25.8 Å². The summed E-state index contributed by atoms with van der Waals surface area (Å²) >= 11 is 0. The first kappa shape index (κ1) is 25.1. The lowest BCUT2D eigenvalue weighted by atomic mass is 9.96. The standard InChI is InChI=1S/C24H28FN3O6S2/c25-21-13-19(36(26,32)33)6-7-22(21)35(30,31)18-8-10-28(11-9-18)24(29)16-12-20(15-4-5-15)23(27-14-16)34-17-2-1-3-17/h6-7,12-15,17-18H,1-5,8-11H2,(H2,26,32,33). The average molecular weight is 538 g/mol. The van der Waals surface area contributed by atoms with Crippen molar-refractivity contribution in [1.82, 2.24) is 9.88 Å². The van der Waals surface area contributed by atoms with E-state index in [2.05, 4.69) is 4.98 Å². The molecule has 1 aliphatic heterocycles. The summed E-state index contributed by atoms with van der Waals surface area (Å²) in [5.74, 6) is -0.423. The number of ether oxygens (including phenoxy) is 1. The lowest BCUT2D eigenvalue weighted by molar-refractivity contribution is 0.0724. The van der Waals surface area contributed by atoms with Gasteiger partial charge in [-0.2, -0.15) is 0 Å². The second-order valence-corrected chi connectivity index (χ2v) is 13.5. The van der Waals surface area contributed by atoms with E-state index in [0.29, 0.717) is 23.4 Å². The molecule has 9 nitrogen and oxygen atoms in total. The van der Waals surface area contributed by atoms with Crippen LogP contribution in [-0.2, 0) is 19.9 Å². The molecule has 1 amide bonds. The molecular weight excluding hydrogens is 509 g/mol. The molecule has 36 heavy (non-hydrogen) atoms. The summed E-state index contributed by atoms with van der Waals surface area (Å²) in [4.78, 5) is 18.1. The third kappa shape index (κ3) is 4.98. The fourth-order valence-corrected chi connectivity index (χ4v) is 6.94. The summed E-state index contributed by atoms with van der Waals surface area (Å²) in [7, 11) is -8.23. The molecular formula is C24H28FN3O6S2. The van der Waals surface area contributed by atoms with Crippen LogP contribution in [0.2, 0.25) is 0 Å². The molecule has 0 spiro atoms. The highest BCUT2D eigenvalue weighted by molar-refractivity contribution is 7.92. The number of piperidine rings is 1. The van der Waals surface area contributed by atoms with Crippen molar-refractivity contribution in [2.45, 2.75) is 72.0 Å². The van der Waals surface area contributed by atoms with Gasteiger partial charge >= 0.3 is 0 Å². The predicted octanol–water partition coefficient (Wildman–Crippen LogP) is 2.76. The van der Waals surface area contributed by atoms with Crippen molar-refractivity contribution in [2.24, 2.45) is 5.14 Å². The largest absolute Gasteiger partial charge is 0.474 e. The van der Waals surface area contributed by atoms with Crippen LogP contribution in [0.15, 0.2) is 40.3 Å². The Morgan fingerprint density at radius 3 is 2.28 bits per heavy atom. The minimum absolute atomic E-state index is 0.135. The molecule has 2 saturated carbocycles. The van der Waals surface area contributed by atoms with Gasteiger partial charge in [-0.1, -0.05) is 0 Å². The Kier molecular flexibility index (Phi) is 6.54. The maximum absolute atomic E-state index is 14.5. The number of nitrogens with two attached hydrogens (primary N) is 1. The lowest BCUT2D eigenvalue weighted by Crippen LogP contribution is -2.42. The highest BCUT2D eigenvalue weighted by Crippen LogP contribution is 2.44. The van der Waals surface area contributed by atoms with Gasteiger partial charge < -0.3 is 9.64 Å². The molecule has 194 valence electrons. The lowest BCUT2D eigenvalue weighted by Gasteiger charge is -2.32. The number of amides is 1. The molecule has 3 fully saturated rings.